The Morgan fingerprint density at radius 2 is 1.97 bits per heavy atom. The largest absolute Gasteiger partial charge is 0.392 e. The molecule has 164 valence electrons. The van der Waals surface area contributed by atoms with E-state index in [9.17, 15) is 19.5 Å². The summed E-state index contributed by atoms with van der Waals surface area (Å²) in [5, 5.41) is 12.2. The quantitative estimate of drug-likeness (QED) is 0.740. The summed E-state index contributed by atoms with van der Waals surface area (Å²) in [5.74, 6) is -0.174. The van der Waals surface area contributed by atoms with E-state index in [1.54, 1.807) is 17.7 Å². The van der Waals surface area contributed by atoms with Gasteiger partial charge in [-0.25, -0.2) is 0 Å². The van der Waals surface area contributed by atoms with Gasteiger partial charge in [-0.05, 0) is 42.9 Å². The molecule has 2 aliphatic rings. The molecule has 7 nitrogen and oxygen atoms in total. The van der Waals surface area contributed by atoms with E-state index in [0.717, 1.165) is 36.0 Å². The Kier molecular flexibility index (Phi) is 6.23. The number of benzene rings is 1. The van der Waals surface area contributed by atoms with Crippen LogP contribution in [0, 0.1) is 5.92 Å². The number of carbonyl (C=O) groups is 2. The third-order valence-corrected chi connectivity index (χ3v) is 6.22. The molecule has 4 rings (SSSR count). The zero-order valence-electron chi connectivity index (χ0n) is 17.8. The minimum absolute atomic E-state index is 0.0763. The van der Waals surface area contributed by atoms with Crippen LogP contribution in [0.3, 0.4) is 0 Å². The summed E-state index contributed by atoms with van der Waals surface area (Å²) in [6.07, 6.45) is 4.57. The van der Waals surface area contributed by atoms with Crippen LogP contribution in [0.4, 0.5) is 0 Å². The third kappa shape index (κ3) is 4.56. The maximum Gasteiger partial charge on any atom is 0.264 e. The Morgan fingerprint density at radius 3 is 2.61 bits per heavy atom. The number of nitrogens with one attached hydrogen (secondary N) is 1. The highest BCUT2D eigenvalue weighted by molar-refractivity contribution is 5.96. The van der Waals surface area contributed by atoms with Crippen LogP contribution < -0.4 is 10.9 Å². The molecule has 0 unspecified atom stereocenters. The molecule has 1 saturated carbocycles. The minimum Gasteiger partial charge on any atom is -0.392 e. The van der Waals surface area contributed by atoms with Crippen LogP contribution in [0.5, 0.6) is 0 Å². The van der Waals surface area contributed by atoms with Crippen LogP contribution in [0.25, 0.3) is 0 Å². The number of hydrogen-bond donors (Lipinski definition) is 2. The van der Waals surface area contributed by atoms with E-state index in [4.69, 9.17) is 0 Å². The van der Waals surface area contributed by atoms with Gasteiger partial charge in [0.2, 0.25) is 5.91 Å². The molecule has 2 amide bonds. The molecule has 1 aliphatic carbocycles. The molecule has 0 bridgehead atoms. The van der Waals surface area contributed by atoms with Crippen molar-refractivity contribution < 1.29 is 14.7 Å². The first-order chi connectivity index (χ1) is 14.9. The van der Waals surface area contributed by atoms with Gasteiger partial charge in [-0.3, -0.25) is 14.4 Å². The summed E-state index contributed by atoms with van der Waals surface area (Å²) in [7, 11) is 0. The van der Waals surface area contributed by atoms with E-state index in [-0.39, 0.29) is 29.5 Å². The molecule has 1 fully saturated rings. The van der Waals surface area contributed by atoms with Gasteiger partial charge in [0, 0.05) is 31.7 Å². The topological polar surface area (TPSA) is 91.6 Å². The summed E-state index contributed by atoms with van der Waals surface area (Å²) in [4.78, 5) is 40.8. The Labute approximate surface area is 181 Å². The van der Waals surface area contributed by atoms with Crippen molar-refractivity contribution in [1.82, 2.24) is 14.8 Å². The van der Waals surface area contributed by atoms with Gasteiger partial charge >= 0.3 is 0 Å². The highest BCUT2D eigenvalue weighted by Crippen LogP contribution is 2.30. The second-order valence-corrected chi connectivity index (χ2v) is 8.62. The fourth-order valence-electron chi connectivity index (χ4n) is 4.27. The molecule has 2 heterocycles. The molecule has 2 N–H and O–H groups in total. The van der Waals surface area contributed by atoms with Crippen LogP contribution in [-0.4, -0.2) is 45.6 Å². The third-order valence-electron chi connectivity index (χ3n) is 6.22. The van der Waals surface area contributed by atoms with Crippen molar-refractivity contribution in [1.29, 1.82) is 0 Å². The summed E-state index contributed by atoms with van der Waals surface area (Å²) >= 11 is 0. The molecule has 1 atom stereocenters. The monoisotopic (exact) mass is 423 g/mol. The first kappa shape index (κ1) is 21.3. The molecule has 31 heavy (non-hydrogen) atoms. The Balaban J connectivity index is 1.69. The Bertz CT molecular complexity index is 1030. The lowest BCUT2D eigenvalue weighted by molar-refractivity contribution is -0.139. The molecule has 1 aromatic carbocycles. The van der Waals surface area contributed by atoms with Gasteiger partial charge in [-0.1, -0.05) is 36.8 Å². The van der Waals surface area contributed by atoms with Crippen LogP contribution in [0.2, 0.25) is 0 Å². The lowest BCUT2D eigenvalue weighted by Gasteiger charge is -2.35. The number of pyridine rings is 1. The fraction of sp³-hybridized carbons (Fsp3) is 0.458. The van der Waals surface area contributed by atoms with Gasteiger partial charge in [-0.2, -0.15) is 0 Å². The van der Waals surface area contributed by atoms with Crippen molar-refractivity contribution in [3.63, 3.8) is 0 Å². The molecule has 0 saturated heterocycles. The van der Waals surface area contributed by atoms with E-state index in [1.165, 1.54) is 0 Å². The van der Waals surface area contributed by atoms with Gasteiger partial charge in [0.1, 0.15) is 5.56 Å². The number of amides is 2. The summed E-state index contributed by atoms with van der Waals surface area (Å²) in [5.41, 5.74) is 2.30. The SMILES string of the molecule is C[C@@H](O)CNC(=O)c1c2c(cn(Cc3ccccc3)c1=O)CN(C(=O)C1CCC1)CC2. The molecule has 1 aromatic heterocycles. The van der Waals surface area contributed by atoms with Crippen molar-refractivity contribution >= 4 is 11.8 Å². The van der Waals surface area contributed by atoms with E-state index < -0.39 is 12.0 Å². The number of nitrogens with zero attached hydrogens (tertiary/aromatic N) is 2. The average molecular weight is 424 g/mol. The predicted octanol–water partition coefficient (Wildman–Crippen LogP) is 1.69. The first-order valence-electron chi connectivity index (χ1n) is 11.0. The van der Waals surface area contributed by atoms with Gasteiger partial charge in [-0.15, -0.1) is 0 Å². The number of hydrogen-bond acceptors (Lipinski definition) is 4. The van der Waals surface area contributed by atoms with Crippen molar-refractivity contribution in [2.75, 3.05) is 13.1 Å². The molecule has 0 radical (unpaired) electrons. The smallest absolute Gasteiger partial charge is 0.264 e. The lowest BCUT2D eigenvalue weighted by atomic mass is 9.83. The number of aliphatic hydroxyl groups excluding tert-OH is 1. The maximum absolute atomic E-state index is 13.3. The van der Waals surface area contributed by atoms with E-state index in [1.807, 2.05) is 35.2 Å². The summed E-state index contributed by atoms with van der Waals surface area (Å²) in [6, 6.07) is 9.61. The van der Waals surface area contributed by atoms with E-state index in [2.05, 4.69) is 5.32 Å². The van der Waals surface area contributed by atoms with Crippen molar-refractivity contribution in [2.24, 2.45) is 5.92 Å². The van der Waals surface area contributed by atoms with Crippen LogP contribution in [0.15, 0.2) is 41.3 Å². The number of carbonyl (C=O) groups excluding carboxylic acids is 2. The standard InChI is InChI=1S/C24H29N3O4/c1-16(28)12-25-22(29)21-20-10-11-26(23(30)18-8-5-9-18)14-19(20)15-27(24(21)31)13-17-6-3-2-4-7-17/h2-4,6-7,15-16,18,28H,5,8-14H2,1H3,(H,25,29)/t16-/m1/s1. The number of rotatable bonds is 6. The highest BCUT2D eigenvalue weighted by atomic mass is 16.3. The molecule has 2 aromatic rings. The lowest BCUT2D eigenvalue weighted by Crippen LogP contribution is -2.44. The first-order valence-corrected chi connectivity index (χ1v) is 11.0. The molecule has 0 spiro atoms. The van der Waals surface area contributed by atoms with Crippen molar-refractivity contribution in [2.45, 2.75) is 51.8 Å². The average Bonchev–Trinajstić information content (AvgIpc) is 2.72. The van der Waals surface area contributed by atoms with E-state index >= 15 is 0 Å². The van der Waals surface area contributed by atoms with Crippen LogP contribution in [0.1, 0.15) is 53.2 Å². The molecule has 1 aliphatic heterocycles. The molecular weight excluding hydrogens is 394 g/mol. The van der Waals surface area contributed by atoms with Gasteiger partial charge in [0.25, 0.3) is 11.5 Å². The van der Waals surface area contributed by atoms with E-state index in [0.29, 0.717) is 26.1 Å². The van der Waals surface area contributed by atoms with Crippen LogP contribution >= 0.6 is 0 Å². The number of fused-ring (bicyclic) bond motifs is 1. The summed E-state index contributed by atoms with van der Waals surface area (Å²) in [6.45, 7) is 2.93. The Morgan fingerprint density at radius 1 is 1.23 bits per heavy atom. The predicted molar refractivity (Wildman–Crippen MR) is 117 cm³/mol. The fourth-order valence-corrected chi connectivity index (χ4v) is 4.27. The van der Waals surface area contributed by atoms with Crippen molar-refractivity contribution in [3.05, 3.63) is 69.1 Å². The minimum atomic E-state index is -0.703. The van der Waals surface area contributed by atoms with Crippen molar-refractivity contribution in [3.8, 4) is 0 Å². The maximum atomic E-state index is 13.3. The Hall–Kier alpha value is -2.93. The zero-order chi connectivity index (χ0) is 22.0. The zero-order valence-corrected chi connectivity index (χ0v) is 17.8. The second kappa shape index (κ2) is 9.06. The summed E-state index contributed by atoms with van der Waals surface area (Å²) < 4.78 is 1.56. The number of aromatic nitrogens is 1. The normalized spacial score (nSPS) is 16.9. The van der Waals surface area contributed by atoms with Gasteiger partial charge < -0.3 is 19.9 Å². The second-order valence-electron chi connectivity index (χ2n) is 8.62. The van der Waals surface area contributed by atoms with Gasteiger partial charge in [0.15, 0.2) is 0 Å². The highest BCUT2D eigenvalue weighted by Gasteiger charge is 2.33. The van der Waals surface area contributed by atoms with Crippen LogP contribution in [-0.2, 0) is 24.3 Å². The number of aliphatic hydroxyl groups is 1. The van der Waals surface area contributed by atoms with Gasteiger partial charge in [0.05, 0.1) is 12.6 Å². The molecule has 7 heteroatoms. The molecular formula is C24H29N3O4.